The molecule has 0 bridgehead atoms. The first-order chi connectivity index (χ1) is 12.2. The second kappa shape index (κ2) is 6.21. The van der Waals surface area contributed by atoms with E-state index < -0.39 is 0 Å². The molecule has 1 atom stereocenters. The summed E-state index contributed by atoms with van der Waals surface area (Å²) < 4.78 is 7.22. The van der Waals surface area contributed by atoms with Crippen LogP contribution < -0.4 is 0 Å². The zero-order valence-corrected chi connectivity index (χ0v) is 14.1. The van der Waals surface area contributed by atoms with Gasteiger partial charge in [-0.3, -0.25) is 14.8 Å². The smallest absolute Gasteiger partial charge is 0.254 e. The zero-order valence-electron chi connectivity index (χ0n) is 14.1. The number of hydrogen-bond acceptors (Lipinski definition) is 6. The van der Waals surface area contributed by atoms with Gasteiger partial charge in [-0.1, -0.05) is 0 Å². The average molecular weight is 338 g/mol. The molecule has 0 unspecified atom stereocenters. The van der Waals surface area contributed by atoms with Crippen molar-refractivity contribution >= 4 is 16.9 Å². The van der Waals surface area contributed by atoms with E-state index in [1.54, 1.807) is 36.5 Å². The largest absolute Gasteiger partial charge is 0.377 e. The van der Waals surface area contributed by atoms with Gasteiger partial charge in [0.1, 0.15) is 6.61 Å². The van der Waals surface area contributed by atoms with E-state index in [0.717, 1.165) is 17.2 Å². The Bertz CT molecular complexity index is 938. The van der Waals surface area contributed by atoms with Crippen LogP contribution in [0.25, 0.3) is 11.0 Å². The number of carbonyl (C=O) groups excluding carboxylic acids is 1. The first-order valence-corrected chi connectivity index (χ1v) is 8.09. The van der Waals surface area contributed by atoms with Crippen LogP contribution in [0.5, 0.6) is 0 Å². The van der Waals surface area contributed by atoms with Crippen molar-refractivity contribution < 1.29 is 9.53 Å². The lowest BCUT2D eigenvalue weighted by Crippen LogP contribution is -2.40. The monoisotopic (exact) mass is 338 g/mol. The summed E-state index contributed by atoms with van der Waals surface area (Å²) in [5, 5.41) is 8.40. The number of fused-ring (bicyclic) bond motifs is 2. The second-order valence-corrected chi connectivity index (χ2v) is 6.13. The summed E-state index contributed by atoms with van der Waals surface area (Å²) in [5.74, 6) is 1.53. The predicted molar refractivity (Wildman–Crippen MR) is 89.7 cm³/mol. The summed E-state index contributed by atoms with van der Waals surface area (Å²) in [7, 11) is 1.63. The number of amides is 1. The SMILES string of the molecule is COCc1nnc2n1[C@@H](C)CN(C(=O)c1ccc3nccnc3c1)C2. The van der Waals surface area contributed by atoms with Crippen LogP contribution in [-0.2, 0) is 17.9 Å². The highest BCUT2D eigenvalue weighted by Crippen LogP contribution is 2.24. The molecule has 0 radical (unpaired) electrons. The average Bonchev–Trinajstić information content (AvgIpc) is 3.04. The van der Waals surface area contributed by atoms with Crippen LogP contribution in [0, 0.1) is 0 Å². The third-order valence-corrected chi connectivity index (χ3v) is 4.37. The molecule has 3 heterocycles. The van der Waals surface area contributed by atoms with Crippen molar-refractivity contribution in [2.24, 2.45) is 0 Å². The number of rotatable bonds is 3. The van der Waals surface area contributed by atoms with E-state index in [1.165, 1.54) is 0 Å². The minimum atomic E-state index is -0.0399. The Kier molecular flexibility index (Phi) is 3.89. The minimum Gasteiger partial charge on any atom is -0.377 e. The maximum absolute atomic E-state index is 12.9. The first-order valence-electron chi connectivity index (χ1n) is 8.09. The lowest BCUT2D eigenvalue weighted by atomic mass is 10.1. The van der Waals surface area contributed by atoms with Gasteiger partial charge in [-0.05, 0) is 25.1 Å². The molecule has 0 aliphatic carbocycles. The van der Waals surface area contributed by atoms with Gasteiger partial charge in [-0.25, -0.2) is 0 Å². The summed E-state index contributed by atoms with van der Waals surface area (Å²) in [6.07, 6.45) is 3.26. The summed E-state index contributed by atoms with van der Waals surface area (Å²) in [5.41, 5.74) is 2.09. The number of benzene rings is 1. The molecule has 0 spiro atoms. The summed E-state index contributed by atoms with van der Waals surface area (Å²) >= 11 is 0. The Labute approximate surface area is 144 Å². The lowest BCUT2D eigenvalue weighted by Gasteiger charge is -2.32. The summed E-state index contributed by atoms with van der Waals surface area (Å²) in [6, 6.07) is 5.49. The van der Waals surface area contributed by atoms with E-state index in [9.17, 15) is 4.79 Å². The van der Waals surface area contributed by atoms with Crippen molar-refractivity contribution in [1.29, 1.82) is 0 Å². The Morgan fingerprint density at radius 2 is 2.04 bits per heavy atom. The van der Waals surface area contributed by atoms with Crippen molar-refractivity contribution in [3.05, 3.63) is 47.8 Å². The highest BCUT2D eigenvalue weighted by Gasteiger charge is 2.29. The number of hydrogen-bond donors (Lipinski definition) is 0. The molecule has 3 aromatic rings. The predicted octanol–water partition coefficient (Wildman–Crippen LogP) is 1.58. The highest BCUT2D eigenvalue weighted by atomic mass is 16.5. The number of methoxy groups -OCH3 is 1. The molecule has 4 rings (SSSR count). The van der Waals surface area contributed by atoms with E-state index >= 15 is 0 Å². The fourth-order valence-electron chi connectivity index (χ4n) is 3.27. The fraction of sp³-hybridized carbons (Fsp3) is 0.353. The van der Waals surface area contributed by atoms with Gasteiger partial charge in [-0.2, -0.15) is 0 Å². The van der Waals surface area contributed by atoms with Gasteiger partial charge in [0.2, 0.25) is 0 Å². The molecule has 1 aliphatic heterocycles. The topological polar surface area (TPSA) is 86.0 Å². The number of aromatic nitrogens is 5. The molecule has 1 aromatic carbocycles. The third-order valence-electron chi connectivity index (χ3n) is 4.37. The van der Waals surface area contributed by atoms with Gasteiger partial charge in [0.05, 0.1) is 23.6 Å². The maximum Gasteiger partial charge on any atom is 0.254 e. The molecule has 2 aromatic heterocycles. The van der Waals surface area contributed by atoms with Gasteiger partial charge in [0.25, 0.3) is 5.91 Å². The van der Waals surface area contributed by atoms with Crippen LogP contribution in [0.3, 0.4) is 0 Å². The Morgan fingerprint density at radius 3 is 2.84 bits per heavy atom. The van der Waals surface area contributed by atoms with E-state index in [4.69, 9.17) is 4.74 Å². The highest BCUT2D eigenvalue weighted by molar-refractivity contribution is 5.97. The minimum absolute atomic E-state index is 0.0399. The van der Waals surface area contributed by atoms with Crippen molar-refractivity contribution in [2.75, 3.05) is 13.7 Å². The van der Waals surface area contributed by atoms with E-state index in [2.05, 4.69) is 31.7 Å². The molecule has 128 valence electrons. The van der Waals surface area contributed by atoms with Gasteiger partial charge >= 0.3 is 0 Å². The van der Waals surface area contributed by atoms with Gasteiger partial charge in [0.15, 0.2) is 11.6 Å². The standard InChI is InChI=1S/C17H18N6O2/c1-11-8-22(9-15-20-21-16(10-25-2)23(11)15)17(24)12-3-4-13-14(7-12)19-6-5-18-13/h3-7,11H,8-10H2,1-2H3/t11-/m0/s1. The van der Waals surface area contributed by atoms with Crippen molar-refractivity contribution in [2.45, 2.75) is 26.1 Å². The maximum atomic E-state index is 12.9. The Hall–Kier alpha value is -2.87. The van der Waals surface area contributed by atoms with Crippen LogP contribution in [-0.4, -0.2) is 49.2 Å². The first kappa shape index (κ1) is 15.6. The van der Waals surface area contributed by atoms with Gasteiger partial charge in [0, 0.05) is 31.6 Å². The van der Waals surface area contributed by atoms with Crippen LogP contribution in [0.4, 0.5) is 0 Å². The molecular formula is C17H18N6O2. The molecule has 0 fully saturated rings. The summed E-state index contributed by atoms with van der Waals surface area (Å²) in [4.78, 5) is 23.2. The van der Waals surface area contributed by atoms with Crippen molar-refractivity contribution in [3.8, 4) is 0 Å². The summed E-state index contributed by atoms with van der Waals surface area (Å²) in [6.45, 7) is 3.49. The van der Waals surface area contributed by atoms with E-state index in [0.29, 0.717) is 30.8 Å². The zero-order chi connectivity index (χ0) is 17.4. The van der Waals surface area contributed by atoms with Crippen LogP contribution >= 0.6 is 0 Å². The quantitative estimate of drug-likeness (QED) is 0.721. The Balaban J connectivity index is 1.62. The molecule has 8 nitrogen and oxygen atoms in total. The van der Waals surface area contributed by atoms with Crippen molar-refractivity contribution in [3.63, 3.8) is 0 Å². The van der Waals surface area contributed by atoms with Gasteiger partial charge < -0.3 is 14.2 Å². The molecule has 25 heavy (non-hydrogen) atoms. The second-order valence-electron chi connectivity index (χ2n) is 6.13. The molecule has 1 aliphatic rings. The lowest BCUT2D eigenvalue weighted by molar-refractivity contribution is 0.0675. The van der Waals surface area contributed by atoms with Crippen LogP contribution in [0.1, 0.15) is 35.0 Å². The molecule has 0 saturated carbocycles. The molecular weight excluding hydrogens is 320 g/mol. The number of ether oxygens (including phenoxy) is 1. The van der Waals surface area contributed by atoms with Crippen LogP contribution in [0.2, 0.25) is 0 Å². The van der Waals surface area contributed by atoms with Gasteiger partial charge in [-0.15, -0.1) is 10.2 Å². The Morgan fingerprint density at radius 1 is 1.24 bits per heavy atom. The molecule has 0 saturated heterocycles. The number of carbonyl (C=O) groups is 1. The van der Waals surface area contributed by atoms with E-state index in [-0.39, 0.29) is 11.9 Å². The molecule has 8 heteroatoms. The van der Waals surface area contributed by atoms with E-state index in [1.807, 2.05) is 6.07 Å². The normalized spacial score (nSPS) is 16.9. The molecule has 1 amide bonds. The van der Waals surface area contributed by atoms with Crippen LogP contribution in [0.15, 0.2) is 30.6 Å². The van der Waals surface area contributed by atoms with Crippen molar-refractivity contribution in [1.82, 2.24) is 29.6 Å². The fourth-order valence-corrected chi connectivity index (χ4v) is 3.27. The number of nitrogens with zero attached hydrogens (tertiary/aromatic N) is 6. The third kappa shape index (κ3) is 2.74. The molecule has 0 N–H and O–H groups in total.